The molecule has 2 amide bonds. The van der Waals surface area contributed by atoms with Gasteiger partial charge in [-0.1, -0.05) is 0 Å². The highest BCUT2D eigenvalue weighted by molar-refractivity contribution is 5.96. The van der Waals surface area contributed by atoms with Crippen LogP contribution < -0.4 is 5.32 Å². The fourth-order valence-corrected chi connectivity index (χ4v) is 2.66. The van der Waals surface area contributed by atoms with Gasteiger partial charge in [-0.25, -0.2) is 9.97 Å². The fraction of sp³-hybridized carbons (Fsp3) is 0.600. The minimum atomic E-state index is -0.378. The van der Waals surface area contributed by atoms with Crippen LogP contribution in [0.15, 0.2) is 6.07 Å². The molecule has 0 saturated carbocycles. The molecule has 0 unspecified atom stereocenters. The topological polar surface area (TPSA) is 84.4 Å². The number of likely N-dealkylation sites (tertiary alicyclic amines) is 1. The van der Waals surface area contributed by atoms with E-state index in [-0.39, 0.29) is 30.2 Å². The number of rotatable bonds is 5. The van der Waals surface area contributed by atoms with Gasteiger partial charge >= 0.3 is 0 Å². The van der Waals surface area contributed by atoms with Crippen LogP contribution in [0.5, 0.6) is 0 Å². The lowest BCUT2D eigenvalue weighted by molar-refractivity contribution is -0.130. The second-order valence-corrected chi connectivity index (χ2v) is 5.72. The first-order valence-electron chi connectivity index (χ1n) is 7.32. The molecule has 0 radical (unpaired) electrons. The molecule has 2 rings (SSSR count). The lowest BCUT2D eigenvalue weighted by atomic mass is 10.1. The average Bonchev–Trinajstić information content (AvgIpc) is 2.80. The first-order chi connectivity index (χ1) is 10.4. The third kappa shape index (κ3) is 3.79. The summed E-state index contributed by atoms with van der Waals surface area (Å²) >= 11 is 0. The van der Waals surface area contributed by atoms with Crippen molar-refractivity contribution in [2.45, 2.75) is 33.2 Å². The number of anilines is 1. The minimum absolute atomic E-state index is 0.0222. The summed E-state index contributed by atoms with van der Waals surface area (Å²) in [6.07, 6.45) is 0.213. The predicted molar refractivity (Wildman–Crippen MR) is 81.3 cm³/mol. The maximum Gasteiger partial charge on any atom is 0.232 e. The molecule has 2 atom stereocenters. The number of methoxy groups -OCH3 is 1. The predicted octanol–water partition coefficient (Wildman–Crippen LogP) is 0.915. The Balaban J connectivity index is 2.00. The van der Waals surface area contributed by atoms with Gasteiger partial charge in [-0.05, 0) is 26.8 Å². The van der Waals surface area contributed by atoms with Crippen LogP contribution >= 0.6 is 0 Å². The SMILES string of the molecule is COC[C@@H](C)N1C[C@@H](C(=O)Nc2nc(C)cc(C)n2)CC1=O. The van der Waals surface area contributed by atoms with Crippen LogP contribution in [0.1, 0.15) is 24.7 Å². The van der Waals surface area contributed by atoms with Crippen molar-refractivity contribution < 1.29 is 14.3 Å². The maximum atomic E-state index is 12.3. The number of nitrogens with zero attached hydrogens (tertiary/aromatic N) is 3. The molecule has 1 aliphatic rings. The molecule has 0 aromatic carbocycles. The van der Waals surface area contributed by atoms with Gasteiger partial charge in [-0.15, -0.1) is 0 Å². The zero-order valence-corrected chi connectivity index (χ0v) is 13.4. The van der Waals surface area contributed by atoms with E-state index in [4.69, 9.17) is 4.74 Å². The zero-order valence-electron chi connectivity index (χ0n) is 13.4. The van der Waals surface area contributed by atoms with E-state index >= 15 is 0 Å². The monoisotopic (exact) mass is 306 g/mol. The van der Waals surface area contributed by atoms with Crippen LogP contribution in [0.25, 0.3) is 0 Å². The Hall–Kier alpha value is -2.02. The van der Waals surface area contributed by atoms with Crippen LogP contribution in [-0.2, 0) is 14.3 Å². The van der Waals surface area contributed by atoms with Crippen molar-refractivity contribution in [3.8, 4) is 0 Å². The molecule has 0 spiro atoms. The summed E-state index contributed by atoms with van der Waals surface area (Å²) in [5, 5.41) is 2.71. The Morgan fingerprint density at radius 3 is 2.68 bits per heavy atom. The molecule has 120 valence electrons. The zero-order chi connectivity index (χ0) is 16.3. The second kappa shape index (κ2) is 6.83. The van der Waals surface area contributed by atoms with Crippen LogP contribution in [0, 0.1) is 19.8 Å². The Kier molecular flexibility index (Phi) is 5.07. The summed E-state index contributed by atoms with van der Waals surface area (Å²) in [7, 11) is 1.60. The van der Waals surface area contributed by atoms with E-state index in [9.17, 15) is 9.59 Å². The maximum absolute atomic E-state index is 12.3. The smallest absolute Gasteiger partial charge is 0.232 e. The quantitative estimate of drug-likeness (QED) is 0.874. The van der Waals surface area contributed by atoms with Crippen LogP contribution in [0.4, 0.5) is 5.95 Å². The first kappa shape index (κ1) is 16.4. The van der Waals surface area contributed by atoms with Crippen LogP contribution in [0.3, 0.4) is 0 Å². The van der Waals surface area contributed by atoms with E-state index < -0.39 is 0 Å². The Labute approximate surface area is 130 Å². The van der Waals surface area contributed by atoms with Crippen molar-refractivity contribution in [3.63, 3.8) is 0 Å². The molecule has 1 N–H and O–H groups in total. The molecule has 7 nitrogen and oxygen atoms in total. The number of ether oxygens (including phenoxy) is 1. The van der Waals surface area contributed by atoms with Crippen molar-refractivity contribution >= 4 is 17.8 Å². The highest BCUT2D eigenvalue weighted by Gasteiger charge is 2.36. The molecule has 22 heavy (non-hydrogen) atoms. The summed E-state index contributed by atoms with van der Waals surface area (Å²) in [6.45, 7) is 6.46. The van der Waals surface area contributed by atoms with E-state index in [2.05, 4.69) is 15.3 Å². The van der Waals surface area contributed by atoms with Crippen molar-refractivity contribution in [2.75, 3.05) is 25.6 Å². The van der Waals surface area contributed by atoms with Gasteiger partial charge in [0.25, 0.3) is 0 Å². The average molecular weight is 306 g/mol. The van der Waals surface area contributed by atoms with Crippen molar-refractivity contribution in [3.05, 3.63) is 17.5 Å². The van der Waals surface area contributed by atoms with Crippen LogP contribution in [-0.4, -0.2) is 53.0 Å². The van der Waals surface area contributed by atoms with Crippen molar-refractivity contribution in [2.24, 2.45) is 5.92 Å². The minimum Gasteiger partial charge on any atom is -0.383 e. The molecular formula is C15H22N4O3. The van der Waals surface area contributed by atoms with Gasteiger partial charge in [0.05, 0.1) is 18.6 Å². The van der Waals surface area contributed by atoms with Gasteiger partial charge in [0.2, 0.25) is 17.8 Å². The van der Waals surface area contributed by atoms with Gasteiger partial charge in [0, 0.05) is 31.5 Å². The molecule has 1 aliphatic heterocycles. The normalized spacial score (nSPS) is 19.4. The molecule has 7 heteroatoms. The summed E-state index contributed by atoms with van der Waals surface area (Å²) < 4.78 is 5.07. The van der Waals surface area contributed by atoms with Crippen LogP contribution in [0.2, 0.25) is 0 Å². The largest absolute Gasteiger partial charge is 0.383 e. The lowest BCUT2D eigenvalue weighted by Gasteiger charge is -2.23. The number of hydrogen-bond acceptors (Lipinski definition) is 5. The van der Waals surface area contributed by atoms with Crippen molar-refractivity contribution in [1.29, 1.82) is 0 Å². The highest BCUT2D eigenvalue weighted by Crippen LogP contribution is 2.21. The number of aryl methyl sites for hydroxylation is 2. The van der Waals surface area contributed by atoms with E-state index in [0.29, 0.717) is 19.1 Å². The number of carbonyl (C=O) groups excluding carboxylic acids is 2. The number of nitrogens with one attached hydrogen (secondary N) is 1. The lowest BCUT2D eigenvalue weighted by Crippen LogP contribution is -2.38. The van der Waals surface area contributed by atoms with E-state index in [0.717, 1.165) is 11.4 Å². The van der Waals surface area contributed by atoms with Gasteiger partial charge in [-0.2, -0.15) is 0 Å². The number of carbonyl (C=O) groups is 2. The standard InChI is InChI=1S/C15H22N4O3/c1-9-5-10(2)17-15(16-9)18-14(21)12-6-13(20)19(7-12)11(3)8-22-4/h5,11-12H,6-8H2,1-4H3,(H,16,17,18,21)/t11-,12+/m1/s1. The molecule has 1 aromatic heterocycles. The fourth-order valence-electron chi connectivity index (χ4n) is 2.66. The van der Waals surface area contributed by atoms with E-state index in [1.807, 2.05) is 26.8 Å². The van der Waals surface area contributed by atoms with E-state index in [1.165, 1.54) is 0 Å². The first-order valence-corrected chi connectivity index (χ1v) is 7.32. The number of hydrogen-bond donors (Lipinski definition) is 1. The third-order valence-electron chi connectivity index (χ3n) is 3.69. The molecule has 1 aromatic rings. The Morgan fingerprint density at radius 1 is 1.45 bits per heavy atom. The third-order valence-corrected chi connectivity index (χ3v) is 3.69. The van der Waals surface area contributed by atoms with Gasteiger partial charge in [0.1, 0.15) is 0 Å². The number of amides is 2. The molecule has 1 fully saturated rings. The molecule has 1 saturated heterocycles. The highest BCUT2D eigenvalue weighted by atomic mass is 16.5. The molecule has 0 bridgehead atoms. The Morgan fingerprint density at radius 2 is 2.09 bits per heavy atom. The molecule has 0 aliphatic carbocycles. The summed E-state index contributed by atoms with van der Waals surface area (Å²) in [4.78, 5) is 34.4. The number of aromatic nitrogens is 2. The summed E-state index contributed by atoms with van der Waals surface area (Å²) in [5.41, 5.74) is 1.58. The molecular weight excluding hydrogens is 284 g/mol. The van der Waals surface area contributed by atoms with E-state index in [1.54, 1.807) is 12.0 Å². The van der Waals surface area contributed by atoms with Gasteiger partial charge < -0.3 is 9.64 Å². The Bertz CT molecular complexity index is 556. The molecule has 2 heterocycles. The summed E-state index contributed by atoms with van der Waals surface area (Å²) in [5.74, 6) is -0.328. The van der Waals surface area contributed by atoms with Crippen molar-refractivity contribution in [1.82, 2.24) is 14.9 Å². The summed E-state index contributed by atoms with van der Waals surface area (Å²) in [6, 6.07) is 1.80. The van der Waals surface area contributed by atoms with Gasteiger partial charge in [-0.3, -0.25) is 14.9 Å². The van der Waals surface area contributed by atoms with Gasteiger partial charge in [0.15, 0.2) is 0 Å². The second-order valence-electron chi connectivity index (χ2n) is 5.72.